The second-order valence-corrected chi connectivity index (χ2v) is 6.78. The highest BCUT2D eigenvalue weighted by molar-refractivity contribution is 7.99. The molecule has 0 aliphatic rings. The average Bonchev–Trinajstić information content (AvgIpc) is 2.53. The lowest BCUT2D eigenvalue weighted by Crippen LogP contribution is -2.14. The Morgan fingerprint density at radius 1 is 1.04 bits per heavy atom. The molecule has 126 valence electrons. The molecule has 2 amide bonds. The van der Waals surface area contributed by atoms with Crippen molar-refractivity contribution in [2.75, 3.05) is 16.4 Å². The number of carbonyl (C=O) groups is 2. The van der Waals surface area contributed by atoms with Crippen molar-refractivity contribution in [3.63, 3.8) is 0 Å². The van der Waals surface area contributed by atoms with Gasteiger partial charge in [-0.25, -0.2) is 0 Å². The monoisotopic (exact) mass is 362 g/mol. The SMILES string of the molecule is CC(=O)Nc1cccc(NC(=O)CCSc2ccccc2Cl)c1C. The Morgan fingerprint density at radius 3 is 2.38 bits per heavy atom. The van der Waals surface area contributed by atoms with Crippen LogP contribution in [0.1, 0.15) is 18.9 Å². The Labute approximate surface area is 151 Å². The zero-order valence-electron chi connectivity index (χ0n) is 13.6. The van der Waals surface area contributed by atoms with Crippen LogP contribution in [0, 0.1) is 6.92 Å². The van der Waals surface area contributed by atoms with Crippen molar-refractivity contribution in [1.82, 2.24) is 0 Å². The minimum Gasteiger partial charge on any atom is -0.326 e. The summed E-state index contributed by atoms with van der Waals surface area (Å²) >= 11 is 7.65. The zero-order chi connectivity index (χ0) is 17.5. The number of nitrogens with one attached hydrogen (secondary N) is 2. The Kier molecular flexibility index (Phi) is 6.70. The number of benzene rings is 2. The predicted octanol–water partition coefficient (Wildman–Crippen LogP) is 4.73. The molecule has 0 spiro atoms. The summed E-state index contributed by atoms with van der Waals surface area (Å²) in [6, 6.07) is 13.0. The summed E-state index contributed by atoms with van der Waals surface area (Å²) in [4.78, 5) is 24.3. The van der Waals surface area contributed by atoms with Crippen molar-refractivity contribution in [2.45, 2.75) is 25.2 Å². The van der Waals surface area contributed by atoms with E-state index in [1.807, 2.05) is 37.3 Å². The van der Waals surface area contributed by atoms with Crippen molar-refractivity contribution in [3.05, 3.63) is 53.1 Å². The van der Waals surface area contributed by atoms with Gasteiger partial charge in [-0.05, 0) is 36.8 Å². The zero-order valence-corrected chi connectivity index (χ0v) is 15.1. The maximum Gasteiger partial charge on any atom is 0.225 e. The molecule has 0 saturated carbocycles. The number of hydrogen-bond donors (Lipinski definition) is 2. The van der Waals surface area contributed by atoms with Crippen molar-refractivity contribution >= 4 is 46.6 Å². The van der Waals surface area contributed by atoms with Crippen LogP contribution in [0.3, 0.4) is 0 Å². The average molecular weight is 363 g/mol. The molecule has 0 unspecified atom stereocenters. The molecule has 0 aliphatic heterocycles. The molecule has 2 aromatic rings. The molecule has 2 rings (SSSR count). The smallest absolute Gasteiger partial charge is 0.225 e. The first-order valence-electron chi connectivity index (χ1n) is 7.51. The van der Waals surface area contributed by atoms with E-state index in [4.69, 9.17) is 11.6 Å². The summed E-state index contributed by atoms with van der Waals surface area (Å²) < 4.78 is 0. The summed E-state index contributed by atoms with van der Waals surface area (Å²) in [6.45, 7) is 3.32. The van der Waals surface area contributed by atoms with Gasteiger partial charge < -0.3 is 10.6 Å². The van der Waals surface area contributed by atoms with Gasteiger partial charge in [0.1, 0.15) is 0 Å². The number of thioether (sulfide) groups is 1. The van der Waals surface area contributed by atoms with E-state index in [0.29, 0.717) is 28.6 Å². The lowest BCUT2D eigenvalue weighted by molar-refractivity contribution is -0.116. The van der Waals surface area contributed by atoms with E-state index >= 15 is 0 Å². The van der Waals surface area contributed by atoms with Gasteiger partial charge in [0.2, 0.25) is 11.8 Å². The first-order chi connectivity index (χ1) is 11.5. The van der Waals surface area contributed by atoms with Crippen LogP contribution < -0.4 is 10.6 Å². The number of hydrogen-bond acceptors (Lipinski definition) is 3. The van der Waals surface area contributed by atoms with E-state index in [2.05, 4.69) is 10.6 Å². The molecular formula is C18H19ClN2O2S. The summed E-state index contributed by atoms with van der Waals surface area (Å²) in [6.07, 6.45) is 0.375. The highest BCUT2D eigenvalue weighted by atomic mass is 35.5. The van der Waals surface area contributed by atoms with Crippen molar-refractivity contribution in [1.29, 1.82) is 0 Å². The number of amides is 2. The Balaban J connectivity index is 1.91. The lowest BCUT2D eigenvalue weighted by atomic mass is 10.1. The van der Waals surface area contributed by atoms with E-state index in [0.717, 1.165) is 10.5 Å². The molecule has 24 heavy (non-hydrogen) atoms. The van der Waals surface area contributed by atoms with Gasteiger partial charge in [-0.15, -0.1) is 11.8 Å². The van der Waals surface area contributed by atoms with Crippen LogP contribution in [-0.2, 0) is 9.59 Å². The third kappa shape index (κ3) is 5.28. The van der Waals surface area contributed by atoms with Crippen molar-refractivity contribution < 1.29 is 9.59 Å². The first kappa shape index (κ1) is 18.4. The van der Waals surface area contributed by atoms with E-state index in [9.17, 15) is 9.59 Å². The number of anilines is 2. The fourth-order valence-electron chi connectivity index (χ4n) is 2.12. The fraction of sp³-hybridized carbons (Fsp3) is 0.222. The quantitative estimate of drug-likeness (QED) is 0.730. The molecule has 4 nitrogen and oxygen atoms in total. The number of carbonyl (C=O) groups excluding carboxylic acids is 2. The molecule has 0 fully saturated rings. The molecule has 6 heteroatoms. The summed E-state index contributed by atoms with van der Waals surface area (Å²) in [5.41, 5.74) is 2.24. The van der Waals surface area contributed by atoms with E-state index in [1.165, 1.54) is 6.92 Å². The summed E-state index contributed by atoms with van der Waals surface area (Å²) in [7, 11) is 0. The maximum absolute atomic E-state index is 12.1. The highest BCUT2D eigenvalue weighted by Gasteiger charge is 2.09. The second-order valence-electron chi connectivity index (χ2n) is 5.24. The molecule has 0 heterocycles. The van der Waals surface area contributed by atoms with Gasteiger partial charge in [0.05, 0.1) is 5.02 Å². The summed E-state index contributed by atoms with van der Waals surface area (Å²) in [5, 5.41) is 6.33. The molecule has 0 aromatic heterocycles. The van der Waals surface area contributed by atoms with Gasteiger partial charge in [0.25, 0.3) is 0 Å². The maximum atomic E-state index is 12.1. The van der Waals surface area contributed by atoms with Crippen LogP contribution in [-0.4, -0.2) is 17.6 Å². The second kappa shape index (κ2) is 8.76. The van der Waals surface area contributed by atoms with Gasteiger partial charge in [-0.2, -0.15) is 0 Å². The molecule has 2 N–H and O–H groups in total. The van der Waals surface area contributed by atoms with Gasteiger partial charge in [0.15, 0.2) is 0 Å². The molecule has 0 saturated heterocycles. The molecule has 0 radical (unpaired) electrons. The third-order valence-corrected chi connectivity index (χ3v) is 4.86. The first-order valence-corrected chi connectivity index (χ1v) is 8.88. The molecule has 2 aromatic carbocycles. The van der Waals surface area contributed by atoms with Gasteiger partial charge >= 0.3 is 0 Å². The normalized spacial score (nSPS) is 10.3. The van der Waals surface area contributed by atoms with Gasteiger partial charge in [0, 0.05) is 35.4 Å². The number of rotatable bonds is 6. The molecule has 0 bridgehead atoms. The Hall–Kier alpha value is -1.98. The van der Waals surface area contributed by atoms with Crippen LogP contribution in [0.15, 0.2) is 47.4 Å². The molecule has 0 aliphatic carbocycles. The highest BCUT2D eigenvalue weighted by Crippen LogP contribution is 2.27. The van der Waals surface area contributed by atoms with Crippen LogP contribution in [0.5, 0.6) is 0 Å². The minimum atomic E-state index is -0.141. The minimum absolute atomic E-state index is 0.0716. The molecule has 0 atom stereocenters. The van der Waals surface area contributed by atoms with Crippen LogP contribution >= 0.6 is 23.4 Å². The van der Waals surface area contributed by atoms with Crippen LogP contribution in [0.25, 0.3) is 0 Å². The van der Waals surface area contributed by atoms with E-state index in [-0.39, 0.29) is 11.8 Å². The van der Waals surface area contributed by atoms with E-state index < -0.39 is 0 Å². The van der Waals surface area contributed by atoms with Crippen LogP contribution in [0.4, 0.5) is 11.4 Å². The Morgan fingerprint density at radius 2 is 1.71 bits per heavy atom. The third-order valence-electron chi connectivity index (χ3n) is 3.34. The summed E-state index contributed by atoms with van der Waals surface area (Å²) in [5.74, 6) is 0.426. The number of halogens is 1. The largest absolute Gasteiger partial charge is 0.326 e. The van der Waals surface area contributed by atoms with Gasteiger partial charge in [-0.3, -0.25) is 9.59 Å². The predicted molar refractivity (Wildman–Crippen MR) is 101 cm³/mol. The Bertz CT molecular complexity index is 750. The van der Waals surface area contributed by atoms with Gasteiger partial charge in [-0.1, -0.05) is 29.8 Å². The standard InChI is InChI=1S/C18H19ClN2O2S/c1-12-15(20-13(2)22)7-5-8-16(12)21-18(23)10-11-24-17-9-4-3-6-14(17)19/h3-9H,10-11H2,1-2H3,(H,20,22)(H,21,23). The van der Waals surface area contributed by atoms with Crippen molar-refractivity contribution in [3.8, 4) is 0 Å². The van der Waals surface area contributed by atoms with E-state index in [1.54, 1.807) is 23.9 Å². The van der Waals surface area contributed by atoms with Crippen LogP contribution in [0.2, 0.25) is 5.02 Å². The topological polar surface area (TPSA) is 58.2 Å². The van der Waals surface area contributed by atoms with Crippen molar-refractivity contribution in [2.24, 2.45) is 0 Å². The molecular weight excluding hydrogens is 344 g/mol. The fourth-order valence-corrected chi connectivity index (χ4v) is 3.31. The lowest BCUT2D eigenvalue weighted by Gasteiger charge is -2.12.